The van der Waals surface area contributed by atoms with E-state index in [-0.39, 0.29) is 11.0 Å². The van der Waals surface area contributed by atoms with E-state index >= 15 is 0 Å². The van der Waals surface area contributed by atoms with Crippen LogP contribution in [-0.4, -0.2) is 33.0 Å². The third kappa shape index (κ3) is 2.72. The zero-order chi connectivity index (χ0) is 18.3. The van der Waals surface area contributed by atoms with Gasteiger partial charge in [-0.05, 0) is 25.7 Å². The summed E-state index contributed by atoms with van der Waals surface area (Å²) < 4.78 is 0. The SMILES string of the molecule is O=c1[nH]c(-c2ccccc2)nc2c1CCC21CCN(c2cnccn2)CC1. The van der Waals surface area contributed by atoms with Crippen molar-refractivity contribution in [2.45, 2.75) is 31.1 Å². The van der Waals surface area contributed by atoms with Gasteiger partial charge >= 0.3 is 0 Å². The molecule has 1 aromatic carbocycles. The summed E-state index contributed by atoms with van der Waals surface area (Å²) in [6.45, 7) is 1.82. The standard InChI is InChI=1S/C21H21N5O/c27-20-16-6-7-21(8-12-26(13-9-21)17-14-22-10-11-23-17)18(16)24-19(25-20)15-4-2-1-3-5-15/h1-5,10-11,14H,6-9,12-13H2,(H,24,25,27). The Hall–Kier alpha value is -3.02. The van der Waals surface area contributed by atoms with Crippen molar-refractivity contribution >= 4 is 5.82 Å². The number of hydrogen-bond donors (Lipinski definition) is 1. The number of aromatic nitrogens is 4. The molecule has 136 valence electrons. The van der Waals surface area contributed by atoms with Crippen LogP contribution in [0.2, 0.25) is 0 Å². The molecule has 1 spiro atoms. The zero-order valence-corrected chi connectivity index (χ0v) is 15.1. The molecule has 0 saturated carbocycles. The third-order valence-corrected chi connectivity index (χ3v) is 6.01. The Morgan fingerprint density at radius 2 is 1.85 bits per heavy atom. The summed E-state index contributed by atoms with van der Waals surface area (Å²) in [6, 6.07) is 9.89. The Morgan fingerprint density at radius 1 is 1.04 bits per heavy atom. The fourth-order valence-electron chi connectivity index (χ4n) is 4.49. The van der Waals surface area contributed by atoms with Gasteiger partial charge in [-0.1, -0.05) is 30.3 Å². The highest BCUT2D eigenvalue weighted by Gasteiger charge is 2.44. The normalized spacial score (nSPS) is 17.9. The molecule has 6 nitrogen and oxygen atoms in total. The van der Waals surface area contributed by atoms with Crippen LogP contribution < -0.4 is 10.5 Å². The van der Waals surface area contributed by atoms with Gasteiger partial charge in [-0.15, -0.1) is 0 Å². The number of nitrogens with zero attached hydrogens (tertiary/aromatic N) is 4. The average Bonchev–Trinajstić information content (AvgIpc) is 3.08. The molecule has 1 fully saturated rings. The summed E-state index contributed by atoms with van der Waals surface area (Å²) in [6.07, 6.45) is 9.05. The average molecular weight is 359 g/mol. The molecule has 1 N–H and O–H groups in total. The first-order chi connectivity index (χ1) is 13.3. The van der Waals surface area contributed by atoms with Gasteiger partial charge in [0.25, 0.3) is 5.56 Å². The van der Waals surface area contributed by atoms with Gasteiger partial charge in [-0.3, -0.25) is 9.78 Å². The molecule has 27 heavy (non-hydrogen) atoms. The molecule has 5 rings (SSSR count). The quantitative estimate of drug-likeness (QED) is 0.761. The van der Waals surface area contributed by atoms with Crippen molar-refractivity contribution in [2.24, 2.45) is 0 Å². The number of anilines is 1. The molecule has 1 aliphatic carbocycles. The number of piperidine rings is 1. The van der Waals surface area contributed by atoms with Crippen LogP contribution in [0.25, 0.3) is 11.4 Å². The van der Waals surface area contributed by atoms with Crippen molar-refractivity contribution in [3.8, 4) is 11.4 Å². The van der Waals surface area contributed by atoms with Crippen molar-refractivity contribution in [1.82, 2.24) is 19.9 Å². The van der Waals surface area contributed by atoms with Crippen molar-refractivity contribution in [3.63, 3.8) is 0 Å². The van der Waals surface area contributed by atoms with Gasteiger partial charge in [0, 0.05) is 42.0 Å². The highest BCUT2D eigenvalue weighted by Crippen LogP contribution is 2.45. The predicted octanol–water partition coefficient (Wildman–Crippen LogP) is 2.71. The highest BCUT2D eigenvalue weighted by molar-refractivity contribution is 5.55. The van der Waals surface area contributed by atoms with Crippen LogP contribution in [0.4, 0.5) is 5.82 Å². The fraction of sp³-hybridized carbons (Fsp3) is 0.333. The first-order valence-corrected chi connectivity index (χ1v) is 9.45. The summed E-state index contributed by atoms with van der Waals surface area (Å²) >= 11 is 0. The molecule has 0 unspecified atom stereocenters. The Bertz CT molecular complexity index is 1010. The summed E-state index contributed by atoms with van der Waals surface area (Å²) in [7, 11) is 0. The van der Waals surface area contributed by atoms with Crippen LogP contribution in [-0.2, 0) is 11.8 Å². The van der Waals surface area contributed by atoms with Crippen LogP contribution in [0.5, 0.6) is 0 Å². The minimum Gasteiger partial charge on any atom is -0.355 e. The van der Waals surface area contributed by atoms with Crippen LogP contribution in [0.3, 0.4) is 0 Å². The maximum Gasteiger partial charge on any atom is 0.254 e. The number of aromatic amines is 1. The number of fused-ring (bicyclic) bond motifs is 2. The van der Waals surface area contributed by atoms with E-state index in [2.05, 4.69) is 19.9 Å². The van der Waals surface area contributed by atoms with Crippen LogP contribution in [0.15, 0.2) is 53.7 Å². The largest absolute Gasteiger partial charge is 0.355 e. The summed E-state index contributed by atoms with van der Waals surface area (Å²) in [5.41, 5.74) is 2.88. The van der Waals surface area contributed by atoms with E-state index in [1.54, 1.807) is 12.4 Å². The van der Waals surface area contributed by atoms with Gasteiger partial charge in [-0.2, -0.15) is 0 Å². The minimum absolute atomic E-state index is 0.00579. The van der Waals surface area contributed by atoms with E-state index < -0.39 is 0 Å². The molecule has 2 aliphatic rings. The molecule has 0 bridgehead atoms. The molecule has 1 aliphatic heterocycles. The Balaban J connectivity index is 1.48. The second kappa shape index (κ2) is 6.30. The van der Waals surface area contributed by atoms with Gasteiger partial charge in [0.1, 0.15) is 11.6 Å². The van der Waals surface area contributed by atoms with E-state index in [4.69, 9.17) is 4.98 Å². The lowest BCUT2D eigenvalue weighted by Gasteiger charge is -2.39. The van der Waals surface area contributed by atoms with Crippen molar-refractivity contribution in [3.05, 3.63) is 70.5 Å². The fourth-order valence-corrected chi connectivity index (χ4v) is 4.49. The predicted molar refractivity (Wildman–Crippen MR) is 104 cm³/mol. The lowest BCUT2D eigenvalue weighted by atomic mass is 9.76. The molecule has 6 heteroatoms. The molecular weight excluding hydrogens is 338 g/mol. The van der Waals surface area contributed by atoms with Crippen LogP contribution in [0.1, 0.15) is 30.5 Å². The molecule has 1 saturated heterocycles. The molecule has 0 atom stereocenters. The molecule has 0 radical (unpaired) electrons. The second-order valence-corrected chi connectivity index (χ2v) is 7.44. The Morgan fingerprint density at radius 3 is 2.59 bits per heavy atom. The topological polar surface area (TPSA) is 74.8 Å². The van der Waals surface area contributed by atoms with Gasteiger partial charge in [0.05, 0.1) is 11.9 Å². The second-order valence-electron chi connectivity index (χ2n) is 7.44. The van der Waals surface area contributed by atoms with E-state index in [0.29, 0.717) is 5.82 Å². The van der Waals surface area contributed by atoms with Crippen LogP contribution in [0, 0.1) is 0 Å². The lowest BCUT2D eigenvalue weighted by Crippen LogP contribution is -2.42. The van der Waals surface area contributed by atoms with Crippen molar-refractivity contribution in [1.29, 1.82) is 0 Å². The molecule has 0 amide bonds. The van der Waals surface area contributed by atoms with Crippen molar-refractivity contribution in [2.75, 3.05) is 18.0 Å². The van der Waals surface area contributed by atoms with Gasteiger partial charge in [0.15, 0.2) is 0 Å². The number of nitrogens with one attached hydrogen (secondary N) is 1. The zero-order valence-electron chi connectivity index (χ0n) is 15.1. The Labute approximate surface area is 157 Å². The molecule has 2 aromatic heterocycles. The monoisotopic (exact) mass is 359 g/mol. The summed E-state index contributed by atoms with van der Waals surface area (Å²) in [5.74, 6) is 1.60. The highest BCUT2D eigenvalue weighted by atomic mass is 16.1. The number of rotatable bonds is 2. The lowest BCUT2D eigenvalue weighted by molar-refractivity contribution is 0.322. The summed E-state index contributed by atoms with van der Waals surface area (Å²) in [5, 5.41) is 0. The van der Waals surface area contributed by atoms with Gasteiger partial charge < -0.3 is 9.88 Å². The molecule has 3 heterocycles. The van der Waals surface area contributed by atoms with E-state index in [1.165, 1.54) is 0 Å². The number of benzene rings is 1. The number of hydrogen-bond acceptors (Lipinski definition) is 5. The van der Waals surface area contributed by atoms with Crippen LogP contribution >= 0.6 is 0 Å². The molecular formula is C21H21N5O. The Kier molecular flexibility index (Phi) is 3.77. The smallest absolute Gasteiger partial charge is 0.254 e. The maximum atomic E-state index is 12.7. The van der Waals surface area contributed by atoms with Gasteiger partial charge in [0.2, 0.25) is 0 Å². The third-order valence-electron chi connectivity index (χ3n) is 6.01. The van der Waals surface area contributed by atoms with E-state index in [1.807, 2.05) is 36.5 Å². The summed E-state index contributed by atoms with van der Waals surface area (Å²) in [4.78, 5) is 31.5. The van der Waals surface area contributed by atoms with E-state index in [9.17, 15) is 4.79 Å². The first-order valence-electron chi connectivity index (χ1n) is 9.45. The number of H-pyrrole nitrogens is 1. The van der Waals surface area contributed by atoms with E-state index in [0.717, 1.165) is 61.4 Å². The minimum atomic E-state index is 0.00579. The van der Waals surface area contributed by atoms with Crippen molar-refractivity contribution < 1.29 is 0 Å². The van der Waals surface area contributed by atoms with Gasteiger partial charge in [-0.25, -0.2) is 9.97 Å². The maximum absolute atomic E-state index is 12.7. The molecule has 3 aromatic rings. The first kappa shape index (κ1) is 16.2.